The molecule has 3 rings (SSSR count). The molecule has 0 amide bonds. The Balaban J connectivity index is 0.00000261. The minimum atomic E-state index is -0.0740. The Morgan fingerprint density at radius 2 is 2.04 bits per heavy atom. The number of likely N-dealkylation sites (tertiary alicyclic amines) is 1. The highest BCUT2D eigenvalue weighted by Gasteiger charge is 2.27. The van der Waals surface area contributed by atoms with Gasteiger partial charge in [0.15, 0.2) is 5.96 Å². The van der Waals surface area contributed by atoms with Crippen LogP contribution < -0.4 is 5.32 Å². The van der Waals surface area contributed by atoms with Crippen LogP contribution >= 0.6 is 24.0 Å². The van der Waals surface area contributed by atoms with Gasteiger partial charge in [-0.3, -0.25) is 14.8 Å². The van der Waals surface area contributed by atoms with Crippen LogP contribution in [0.1, 0.15) is 25.5 Å². The lowest BCUT2D eigenvalue weighted by Gasteiger charge is -2.33. The van der Waals surface area contributed by atoms with E-state index in [9.17, 15) is 4.79 Å². The van der Waals surface area contributed by atoms with E-state index in [-0.39, 0.29) is 35.9 Å². The number of hydrogen-bond donors (Lipinski definition) is 1. The molecule has 146 valence electrons. The molecule has 1 aliphatic rings. The molecule has 6 nitrogen and oxygen atoms in total. The second-order valence-electron chi connectivity index (χ2n) is 6.39. The number of piperidine rings is 1. The molecule has 1 N–H and O–H groups in total. The minimum Gasteiger partial charge on any atom is -0.466 e. The van der Waals surface area contributed by atoms with Gasteiger partial charge in [-0.25, -0.2) is 0 Å². The van der Waals surface area contributed by atoms with Crippen molar-refractivity contribution in [2.45, 2.75) is 26.3 Å². The van der Waals surface area contributed by atoms with Crippen molar-refractivity contribution in [3.63, 3.8) is 0 Å². The first-order chi connectivity index (χ1) is 12.7. The van der Waals surface area contributed by atoms with Crippen molar-refractivity contribution in [2.75, 3.05) is 26.7 Å². The monoisotopic (exact) mass is 482 g/mol. The summed E-state index contributed by atoms with van der Waals surface area (Å²) in [6.07, 6.45) is 3.44. The lowest BCUT2D eigenvalue weighted by Crippen LogP contribution is -2.46. The first-order valence-corrected chi connectivity index (χ1v) is 9.17. The highest BCUT2D eigenvalue weighted by atomic mass is 127. The number of guanidine groups is 1. The molecule has 2 aromatic rings. The fourth-order valence-corrected chi connectivity index (χ4v) is 3.41. The molecule has 2 heterocycles. The van der Waals surface area contributed by atoms with Crippen molar-refractivity contribution in [2.24, 2.45) is 10.9 Å². The first-order valence-electron chi connectivity index (χ1n) is 9.17. The Hall–Kier alpha value is -1.90. The maximum atomic E-state index is 11.9. The van der Waals surface area contributed by atoms with Gasteiger partial charge in [-0.2, -0.15) is 0 Å². The van der Waals surface area contributed by atoms with E-state index in [2.05, 4.69) is 32.3 Å². The lowest BCUT2D eigenvalue weighted by atomic mass is 9.97. The number of nitrogens with zero attached hydrogens (tertiary/aromatic N) is 3. The average Bonchev–Trinajstić information content (AvgIpc) is 2.69. The summed E-state index contributed by atoms with van der Waals surface area (Å²) >= 11 is 0. The summed E-state index contributed by atoms with van der Waals surface area (Å²) in [6, 6.07) is 10.3. The molecule has 0 spiro atoms. The van der Waals surface area contributed by atoms with E-state index in [0.29, 0.717) is 13.2 Å². The number of carbonyl (C=O) groups excluding carboxylic acids is 1. The van der Waals surface area contributed by atoms with Gasteiger partial charge in [0, 0.05) is 31.7 Å². The highest BCUT2D eigenvalue weighted by molar-refractivity contribution is 14.0. The summed E-state index contributed by atoms with van der Waals surface area (Å²) < 4.78 is 5.14. The quantitative estimate of drug-likeness (QED) is 0.314. The van der Waals surface area contributed by atoms with E-state index in [1.807, 2.05) is 31.3 Å². The van der Waals surface area contributed by atoms with Gasteiger partial charge in [0.1, 0.15) is 0 Å². The predicted octanol–water partition coefficient (Wildman–Crippen LogP) is 3.20. The highest BCUT2D eigenvalue weighted by Crippen LogP contribution is 2.19. The number of halogens is 1. The Kier molecular flexibility index (Phi) is 8.27. The molecule has 1 aromatic heterocycles. The fraction of sp³-hybridized carbons (Fsp3) is 0.450. The molecule has 0 bridgehead atoms. The van der Waals surface area contributed by atoms with Crippen LogP contribution in [0.15, 0.2) is 41.5 Å². The maximum Gasteiger partial charge on any atom is 0.309 e. The lowest BCUT2D eigenvalue weighted by molar-refractivity contribution is -0.149. The Morgan fingerprint density at radius 3 is 2.74 bits per heavy atom. The van der Waals surface area contributed by atoms with Crippen molar-refractivity contribution in [3.8, 4) is 0 Å². The van der Waals surface area contributed by atoms with E-state index in [4.69, 9.17) is 4.74 Å². The van der Waals surface area contributed by atoms with E-state index in [1.54, 1.807) is 7.05 Å². The van der Waals surface area contributed by atoms with Crippen molar-refractivity contribution >= 4 is 46.7 Å². The van der Waals surface area contributed by atoms with E-state index in [0.717, 1.165) is 43.0 Å². The molecule has 1 aliphatic heterocycles. The van der Waals surface area contributed by atoms with E-state index < -0.39 is 0 Å². The largest absolute Gasteiger partial charge is 0.466 e. The van der Waals surface area contributed by atoms with Crippen LogP contribution in [0.4, 0.5) is 0 Å². The number of rotatable bonds is 4. The second-order valence-corrected chi connectivity index (χ2v) is 6.39. The Labute approximate surface area is 177 Å². The van der Waals surface area contributed by atoms with Gasteiger partial charge in [-0.15, -0.1) is 24.0 Å². The number of ether oxygens (including phenoxy) is 1. The normalized spacial score (nSPS) is 15.3. The molecule has 1 saturated heterocycles. The van der Waals surface area contributed by atoms with Crippen LogP contribution in [0.5, 0.6) is 0 Å². The number of benzene rings is 1. The van der Waals surface area contributed by atoms with Crippen molar-refractivity contribution in [3.05, 3.63) is 42.2 Å². The summed E-state index contributed by atoms with van der Waals surface area (Å²) in [6.45, 7) is 4.50. The van der Waals surface area contributed by atoms with Crippen LogP contribution in [-0.2, 0) is 16.1 Å². The number of nitrogens with one attached hydrogen (secondary N) is 1. The number of aliphatic imine (C=N–C) groups is 1. The van der Waals surface area contributed by atoms with Crippen molar-refractivity contribution in [1.29, 1.82) is 0 Å². The SMILES string of the molecule is CCOC(=O)C1CCN(C(=NC)NCc2nccc3ccccc23)CC1.I. The third-order valence-electron chi connectivity index (χ3n) is 4.80. The Bertz CT molecular complexity index is 783. The number of hydrogen-bond acceptors (Lipinski definition) is 4. The maximum absolute atomic E-state index is 11.9. The molecule has 0 atom stereocenters. The van der Waals surface area contributed by atoms with Crippen LogP contribution in [-0.4, -0.2) is 48.6 Å². The standard InChI is InChI=1S/C20H26N4O2.HI/c1-3-26-19(25)16-9-12-24(13-10-16)20(21-2)23-14-18-17-7-5-4-6-15(17)8-11-22-18;/h4-8,11,16H,3,9-10,12-14H2,1-2H3,(H,21,23);1H. The smallest absolute Gasteiger partial charge is 0.309 e. The molecule has 0 aliphatic carbocycles. The van der Waals surface area contributed by atoms with E-state index >= 15 is 0 Å². The number of aromatic nitrogens is 1. The average molecular weight is 482 g/mol. The van der Waals surface area contributed by atoms with Crippen molar-refractivity contribution in [1.82, 2.24) is 15.2 Å². The van der Waals surface area contributed by atoms with E-state index in [1.165, 1.54) is 5.39 Å². The molecule has 0 radical (unpaired) electrons. The van der Waals surface area contributed by atoms with Gasteiger partial charge in [0.2, 0.25) is 0 Å². The van der Waals surface area contributed by atoms with Crippen LogP contribution in [0, 0.1) is 5.92 Å². The summed E-state index contributed by atoms with van der Waals surface area (Å²) in [5.74, 6) is 0.779. The van der Waals surface area contributed by atoms with Crippen LogP contribution in [0.2, 0.25) is 0 Å². The molecular weight excluding hydrogens is 455 g/mol. The Morgan fingerprint density at radius 1 is 1.30 bits per heavy atom. The third kappa shape index (κ3) is 5.31. The second kappa shape index (κ2) is 10.4. The van der Waals surface area contributed by atoms with Gasteiger partial charge in [0.05, 0.1) is 24.8 Å². The van der Waals surface area contributed by atoms with Gasteiger partial charge in [0.25, 0.3) is 0 Å². The third-order valence-corrected chi connectivity index (χ3v) is 4.80. The fourth-order valence-electron chi connectivity index (χ4n) is 3.41. The zero-order valence-electron chi connectivity index (χ0n) is 15.9. The topological polar surface area (TPSA) is 66.8 Å². The van der Waals surface area contributed by atoms with Crippen LogP contribution in [0.25, 0.3) is 10.8 Å². The molecule has 1 aromatic carbocycles. The summed E-state index contributed by atoms with van der Waals surface area (Å²) in [7, 11) is 1.79. The molecule has 1 fully saturated rings. The number of fused-ring (bicyclic) bond motifs is 1. The minimum absolute atomic E-state index is 0. The molecule has 0 saturated carbocycles. The molecule has 0 unspecified atom stereocenters. The molecule has 7 heteroatoms. The predicted molar refractivity (Wildman–Crippen MR) is 118 cm³/mol. The van der Waals surface area contributed by atoms with Gasteiger partial charge in [-0.05, 0) is 31.2 Å². The van der Waals surface area contributed by atoms with Gasteiger partial charge < -0.3 is 15.0 Å². The summed E-state index contributed by atoms with van der Waals surface area (Å²) in [4.78, 5) is 23.0. The summed E-state index contributed by atoms with van der Waals surface area (Å²) in [5, 5.41) is 5.75. The zero-order chi connectivity index (χ0) is 18.4. The first kappa shape index (κ1) is 21.4. The zero-order valence-corrected chi connectivity index (χ0v) is 18.2. The van der Waals surface area contributed by atoms with Crippen LogP contribution in [0.3, 0.4) is 0 Å². The van der Waals surface area contributed by atoms with Crippen molar-refractivity contribution < 1.29 is 9.53 Å². The van der Waals surface area contributed by atoms with Gasteiger partial charge >= 0.3 is 5.97 Å². The number of pyridine rings is 1. The summed E-state index contributed by atoms with van der Waals surface area (Å²) in [5.41, 5.74) is 1.01. The number of carbonyl (C=O) groups is 1. The van der Waals surface area contributed by atoms with Gasteiger partial charge in [-0.1, -0.05) is 24.3 Å². The number of esters is 1. The molecular formula is C20H27IN4O2. The molecule has 27 heavy (non-hydrogen) atoms.